The summed E-state index contributed by atoms with van der Waals surface area (Å²) >= 11 is 0. The van der Waals surface area contributed by atoms with Crippen LogP contribution in [-0.4, -0.2) is 23.4 Å². The quantitative estimate of drug-likeness (QED) is 0.450. The lowest BCUT2D eigenvalue weighted by Crippen LogP contribution is -1.70. The molecule has 8 heavy (non-hydrogen) atoms. The summed E-state index contributed by atoms with van der Waals surface area (Å²) < 4.78 is 0. The van der Waals surface area contributed by atoms with Crippen LogP contribution in [0.15, 0.2) is 12.2 Å². The summed E-state index contributed by atoms with van der Waals surface area (Å²) in [5, 5.41) is 16.2. The maximum atomic E-state index is 8.15. The SMILES string of the molecule is OCC#CC=CCO. The van der Waals surface area contributed by atoms with E-state index < -0.39 is 0 Å². The zero-order chi connectivity index (χ0) is 6.24. The highest BCUT2D eigenvalue weighted by molar-refractivity contribution is 5.14. The molecular weight excluding hydrogens is 104 g/mol. The van der Waals surface area contributed by atoms with Crippen molar-refractivity contribution in [3.8, 4) is 11.8 Å². The molecule has 0 heterocycles. The molecule has 0 rings (SSSR count). The Balaban J connectivity index is 3.26. The molecule has 0 radical (unpaired) electrons. The summed E-state index contributed by atoms with van der Waals surface area (Å²) in [5.41, 5.74) is 0. The van der Waals surface area contributed by atoms with Crippen LogP contribution in [0.4, 0.5) is 0 Å². The van der Waals surface area contributed by atoms with Gasteiger partial charge in [-0.05, 0) is 6.08 Å². The van der Waals surface area contributed by atoms with E-state index >= 15 is 0 Å². The third-order valence-corrected chi connectivity index (χ3v) is 0.488. The fourth-order valence-electron chi connectivity index (χ4n) is 0.216. The van der Waals surface area contributed by atoms with E-state index in [2.05, 4.69) is 11.8 Å². The Morgan fingerprint density at radius 1 is 1.38 bits per heavy atom. The van der Waals surface area contributed by atoms with Crippen molar-refractivity contribution in [3.63, 3.8) is 0 Å². The molecule has 0 aliphatic heterocycles. The van der Waals surface area contributed by atoms with Crippen molar-refractivity contribution in [1.29, 1.82) is 0 Å². The van der Waals surface area contributed by atoms with Gasteiger partial charge in [0, 0.05) is 0 Å². The first-order valence-corrected chi connectivity index (χ1v) is 2.27. The lowest BCUT2D eigenvalue weighted by Gasteiger charge is -1.69. The van der Waals surface area contributed by atoms with Gasteiger partial charge in [0.05, 0.1) is 6.61 Å². The van der Waals surface area contributed by atoms with Crippen molar-refractivity contribution in [2.45, 2.75) is 0 Å². The molecule has 0 saturated heterocycles. The van der Waals surface area contributed by atoms with Gasteiger partial charge in [0.15, 0.2) is 0 Å². The average Bonchev–Trinajstić information content (AvgIpc) is 1.81. The number of allylic oxidation sites excluding steroid dienone is 1. The van der Waals surface area contributed by atoms with E-state index in [-0.39, 0.29) is 13.2 Å². The number of hydrogen-bond donors (Lipinski definition) is 2. The minimum Gasteiger partial charge on any atom is -0.392 e. The molecule has 0 spiro atoms. The third kappa shape index (κ3) is 5.22. The van der Waals surface area contributed by atoms with E-state index in [1.165, 1.54) is 12.2 Å². The molecule has 2 nitrogen and oxygen atoms in total. The third-order valence-electron chi connectivity index (χ3n) is 0.488. The molecule has 0 atom stereocenters. The summed E-state index contributed by atoms with van der Waals surface area (Å²) in [6.07, 6.45) is 3.00. The van der Waals surface area contributed by atoms with E-state index in [9.17, 15) is 0 Å². The summed E-state index contributed by atoms with van der Waals surface area (Å²) in [6, 6.07) is 0. The van der Waals surface area contributed by atoms with E-state index in [0.717, 1.165) is 0 Å². The predicted molar refractivity (Wildman–Crippen MR) is 31.1 cm³/mol. The largest absolute Gasteiger partial charge is 0.392 e. The van der Waals surface area contributed by atoms with Gasteiger partial charge in [-0.15, -0.1) is 0 Å². The maximum absolute atomic E-state index is 8.15. The molecule has 0 aromatic heterocycles. The van der Waals surface area contributed by atoms with Crippen LogP contribution in [0.1, 0.15) is 0 Å². The first-order chi connectivity index (χ1) is 3.91. The molecule has 44 valence electrons. The average molecular weight is 112 g/mol. The van der Waals surface area contributed by atoms with Crippen LogP contribution in [0.25, 0.3) is 0 Å². The smallest absolute Gasteiger partial charge is 0.104 e. The molecule has 2 N–H and O–H groups in total. The monoisotopic (exact) mass is 112 g/mol. The van der Waals surface area contributed by atoms with E-state index in [1.807, 2.05) is 0 Å². The van der Waals surface area contributed by atoms with E-state index in [1.54, 1.807) is 0 Å². The number of aliphatic hydroxyl groups is 2. The van der Waals surface area contributed by atoms with Crippen molar-refractivity contribution in [3.05, 3.63) is 12.2 Å². The zero-order valence-corrected chi connectivity index (χ0v) is 4.46. The van der Waals surface area contributed by atoms with Crippen molar-refractivity contribution in [2.75, 3.05) is 13.2 Å². The van der Waals surface area contributed by atoms with E-state index in [0.29, 0.717) is 0 Å². The zero-order valence-electron chi connectivity index (χ0n) is 4.46. The second kappa shape index (κ2) is 6.22. The molecule has 0 aliphatic carbocycles. The minimum absolute atomic E-state index is 0.000108. The molecular formula is C6H8O2. The summed E-state index contributed by atoms with van der Waals surface area (Å²) in [5.74, 6) is 4.89. The molecule has 0 fully saturated rings. The summed E-state index contributed by atoms with van der Waals surface area (Å²) in [4.78, 5) is 0. The highest BCUT2D eigenvalue weighted by Crippen LogP contribution is 1.64. The highest BCUT2D eigenvalue weighted by Gasteiger charge is 1.60. The molecule has 0 amide bonds. The van der Waals surface area contributed by atoms with Crippen molar-refractivity contribution >= 4 is 0 Å². The van der Waals surface area contributed by atoms with Crippen molar-refractivity contribution in [2.24, 2.45) is 0 Å². The standard InChI is InChI=1S/C6H8O2/c7-5-3-1-2-4-6-8/h1,3,7-8H,5-6H2. The Labute approximate surface area is 48.5 Å². The van der Waals surface area contributed by atoms with Gasteiger partial charge in [-0.3, -0.25) is 0 Å². The Hall–Kier alpha value is -0.780. The number of hydrogen-bond acceptors (Lipinski definition) is 2. The van der Waals surface area contributed by atoms with Crippen molar-refractivity contribution in [1.82, 2.24) is 0 Å². The minimum atomic E-state index is -0.129. The second-order valence-electron chi connectivity index (χ2n) is 1.06. The molecule has 2 heteroatoms. The van der Waals surface area contributed by atoms with Gasteiger partial charge < -0.3 is 10.2 Å². The molecule has 0 aromatic carbocycles. The molecule has 0 aromatic rings. The van der Waals surface area contributed by atoms with Crippen LogP contribution >= 0.6 is 0 Å². The van der Waals surface area contributed by atoms with E-state index in [4.69, 9.17) is 10.2 Å². The van der Waals surface area contributed by atoms with Gasteiger partial charge in [-0.1, -0.05) is 17.9 Å². The summed E-state index contributed by atoms with van der Waals surface area (Å²) in [7, 11) is 0. The van der Waals surface area contributed by atoms with Gasteiger partial charge in [-0.25, -0.2) is 0 Å². The van der Waals surface area contributed by atoms with Crippen LogP contribution in [0.2, 0.25) is 0 Å². The summed E-state index contributed by atoms with van der Waals surface area (Å²) in [6.45, 7) is -0.129. The van der Waals surface area contributed by atoms with Crippen LogP contribution in [0.3, 0.4) is 0 Å². The number of aliphatic hydroxyl groups excluding tert-OH is 2. The van der Waals surface area contributed by atoms with Crippen LogP contribution < -0.4 is 0 Å². The molecule has 0 unspecified atom stereocenters. The second-order valence-corrected chi connectivity index (χ2v) is 1.06. The molecule has 0 aliphatic rings. The van der Waals surface area contributed by atoms with Gasteiger partial charge in [0.1, 0.15) is 6.61 Å². The molecule has 0 saturated carbocycles. The topological polar surface area (TPSA) is 40.5 Å². The van der Waals surface area contributed by atoms with Gasteiger partial charge >= 0.3 is 0 Å². The number of rotatable bonds is 1. The normalized spacial score (nSPS) is 8.75. The fourth-order valence-corrected chi connectivity index (χ4v) is 0.216. The first kappa shape index (κ1) is 7.22. The highest BCUT2D eigenvalue weighted by atomic mass is 16.3. The molecule has 0 bridgehead atoms. The maximum Gasteiger partial charge on any atom is 0.104 e. The fraction of sp³-hybridized carbons (Fsp3) is 0.333. The Morgan fingerprint density at radius 3 is 2.62 bits per heavy atom. The lowest BCUT2D eigenvalue weighted by atomic mass is 10.5. The van der Waals surface area contributed by atoms with Crippen LogP contribution in [0.5, 0.6) is 0 Å². The van der Waals surface area contributed by atoms with Crippen molar-refractivity contribution < 1.29 is 10.2 Å². The Morgan fingerprint density at radius 2 is 2.12 bits per heavy atom. The van der Waals surface area contributed by atoms with Gasteiger partial charge in [0.25, 0.3) is 0 Å². The Kier molecular flexibility index (Phi) is 5.61. The van der Waals surface area contributed by atoms with Gasteiger partial charge in [0.2, 0.25) is 0 Å². The predicted octanol–water partition coefficient (Wildman–Crippen LogP) is -0.469. The first-order valence-electron chi connectivity index (χ1n) is 2.27. The van der Waals surface area contributed by atoms with Crippen LogP contribution in [-0.2, 0) is 0 Å². The van der Waals surface area contributed by atoms with Crippen LogP contribution in [0, 0.1) is 11.8 Å². The lowest BCUT2D eigenvalue weighted by molar-refractivity contribution is 0.342. The Bertz CT molecular complexity index is 116. The van der Waals surface area contributed by atoms with Gasteiger partial charge in [-0.2, -0.15) is 0 Å².